The Bertz CT molecular complexity index is 175. The highest BCUT2D eigenvalue weighted by Gasteiger charge is 2.27. The van der Waals surface area contributed by atoms with Crippen LogP contribution >= 0.6 is 0 Å². The standard InChI is InChI=1S/C12H23NO/c1-10-3-2-4-11(9-10)13-7-5-12(14)6-8-13/h10-12,14H,2-9H2,1H3. The molecule has 0 bridgehead atoms. The van der Waals surface area contributed by atoms with E-state index in [1.54, 1.807) is 0 Å². The molecule has 2 heteroatoms. The zero-order chi connectivity index (χ0) is 9.97. The van der Waals surface area contributed by atoms with E-state index in [1.165, 1.54) is 25.7 Å². The van der Waals surface area contributed by atoms with Gasteiger partial charge in [-0.3, -0.25) is 0 Å². The van der Waals surface area contributed by atoms with Gasteiger partial charge in [-0.1, -0.05) is 19.8 Å². The summed E-state index contributed by atoms with van der Waals surface area (Å²) < 4.78 is 0. The molecule has 0 aromatic carbocycles. The first-order chi connectivity index (χ1) is 6.75. The molecular weight excluding hydrogens is 174 g/mol. The Morgan fingerprint density at radius 1 is 1.07 bits per heavy atom. The van der Waals surface area contributed by atoms with Crippen molar-refractivity contribution in [2.24, 2.45) is 5.92 Å². The second kappa shape index (κ2) is 4.63. The first kappa shape index (κ1) is 10.4. The molecule has 0 amide bonds. The third kappa shape index (κ3) is 2.48. The van der Waals surface area contributed by atoms with Gasteiger partial charge in [0, 0.05) is 19.1 Å². The Balaban J connectivity index is 1.82. The van der Waals surface area contributed by atoms with Gasteiger partial charge in [-0.05, 0) is 31.6 Å². The zero-order valence-electron chi connectivity index (χ0n) is 9.28. The van der Waals surface area contributed by atoms with E-state index in [2.05, 4.69) is 11.8 Å². The second-order valence-corrected chi connectivity index (χ2v) is 5.19. The monoisotopic (exact) mass is 197 g/mol. The highest BCUT2D eigenvalue weighted by Crippen LogP contribution is 2.28. The summed E-state index contributed by atoms with van der Waals surface area (Å²) in [6, 6.07) is 0.825. The third-order valence-electron chi connectivity index (χ3n) is 3.92. The van der Waals surface area contributed by atoms with Crippen molar-refractivity contribution in [3.63, 3.8) is 0 Å². The molecule has 2 atom stereocenters. The van der Waals surface area contributed by atoms with Gasteiger partial charge in [0.25, 0.3) is 0 Å². The minimum Gasteiger partial charge on any atom is -0.393 e. The number of piperidine rings is 1. The molecule has 1 heterocycles. The Morgan fingerprint density at radius 3 is 2.43 bits per heavy atom. The Hall–Kier alpha value is -0.0800. The second-order valence-electron chi connectivity index (χ2n) is 5.19. The van der Waals surface area contributed by atoms with Crippen LogP contribution in [0.3, 0.4) is 0 Å². The lowest BCUT2D eigenvalue weighted by Crippen LogP contribution is -2.44. The summed E-state index contributed by atoms with van der Waals surface area (Å²) in [4.78, 5) is 2.61. The molecule has 2 fully saturated rings. The smallest absolute Gasteiger partial charge is 0.0564 e. The highest BCUT2D eigenvalue weighted by atomic mass is 16.3. The number of nitrogens with zero attached hydrogens (tertiary/aromatic N) is 1. The van der Waals surface area contributed by atoms with Gasteiger partial charge in [-0.25, -0.2) is 0 Å². The molecule has 14 heavy (non-hydrogen) atoms. The van der Waals surface area contributed by atoms with Gasteiger partial charge in [-0.15, -0.1) is 0 Å². The van der Waals surface area contributed by atoms with Crippen LogP contribution in [0.1, 0.15) is 45.4 Å². The normalized spacial score (nSPS) is 37.3. The molecule has 0 radical (unpaired) electrons. The van der Waals surface area contributed by atoms with Crippen molar-refractivity contribution in [3.8, 4) is 0 Å². The molecule has 82 valence electrons. The first-order valence-corrected chi connectivity index (χ1v) is 6.18. The average Bonchev–Trinajstić information content (AvgIpc) is 2.19. The fourth-order valence-corrected chi connectivity index (χ4v) is 2.98. The van der Waals surface area contributed by atoms with Crippen LogP contribution in [0.2, 0.25) is 0 Å². The molecule has 2 unspecified atom stereocenters. The first-order valence-electron chi connectivity index (χ1n) is 6.18. The maximum absolute atomic E-state index is 9.45. The van der Waals surface area contributed by atoms with Crippen molar-refractivity contribution in [2.45, 2.75) is 57.6 Å². The highest BCUT2D eigenvalue weighted by molar-refractivity contribution is 4.82. The van der Waals surface area contributed by atoms with E-state index < -0.39 is 0 Å². The van der Waals surface area contributed by atoms with Gasteiger partial charge in [0.1, 0.15) is 0 Å². The van der Waals surface area contributed by atoms with Crippen molar-refractivity contribution < 1.29 is 5.11 Å². The van der Waals surface area contributed by atoms with Crippen molar-refractivity contribution >= 4 is 0 Å². The molecule has 1 N–H and O–H groups in total. The molecule has 1 aliphatic heterocycles. The summed E-state index contributed by atoms with van der Waals surface area (Å²) in [7, 11) is 0. The fraction of sp³-hybridized carbons (Fsp3) is 1.00. The minimum absolute atomic E-state index is 0.0211. The van der Waals surface area contributed by atoms with Crippen LogP contribution in [0, 0.1) is 5.92 Å². The summed E-state index contributed by atoms with van der Waals surface area (Å²) in [6.45, 7) is 4.63. The minimum atomic E-state index is -0.0211. The molecule has 0 spiro atoms. The van der Waals surface area contributed by atoms with Crippen LogP contribution in [0.4, 0.5) is 0 Å². The summed E-state index contributed by atoms with van der Waals surface area (Å²) in [5.41, 5.74) is 0. The molecule has 1 saturated carbocycles. The predicted octanol–water partition coefficient (Wildman–Crippen LogP) is 2.02. The Labute approximate surface area is 87.3 Å². The molecular formula is C12H23NO. The van der Waals surface area contributed by atoms with E-state index in [0.29, 0.717) is 0 Å². The summed E-state index contributed by atoms with van der Waals surface area (Å²) in [6.07, 6.45) is 7.57. The summed E-state index contributed by atoms with van der Waals surface area (Å²) >= 11 is 0. The van der Waals surface area contributed by atoms with E-state index in [1.807, 2.05) is 0 Å². The largest absolute Gasteiger partial charge is 0.393 e. The van der Waals surface area contributed by atoms with E-state index in [-0.39, 0.29) is 6.10 Å². The maximum atomic E-state index is 9.45. The van der Waals surface area contributed by atoms with Gasteiger partial charge >= 0.3 is 0 Å². The number of hydrogen-bond acceptors (Lipinski definition) is 2. The van der Waals surface area contributed by atoms with Crippen LogP contribution < -0.4 is 0 Å². The SMILES string of the molecule is CC1CCCC(N2CCC(O)CC2)C1. The summed E-state index contributed by atoms with van der Waals surface area (Å²) in [5, 5.41) is 9.45. The lowest BCUT2D eigenvalue weighted by Gasteiger charge is -2.39. The fourth-order valence-electron chi connectivity index (χ4n) is 2.98. The third-order valence-corrected chi connectivity index (χ3v) is 3.92. The van der Waals surface area contributed by atoms with Gasteiger partial charge in [0.15, 0.2) is 0 Å². The van der Waals surface area contributed by atoms with E-state index >= 15 is 0 Å². The van der Waals surface area contributed by atoms with Crippen LogP contribution in [0.5, 0.6) is 0 Å². The topological polar surface area (TPSA) is 23.5 Å². The quantitative estimate of drug-likeness (QED) is 0.695. The molecule has 2 rings (SSSR count). The molecule has 2 nitrogen and oxygen atoms in total. The van der Waals surface area contributed by atoms with Crippen LogP contribution in [-0.2, 0) is 0 Å². The van der Waals surface area contributed by atoms with Crippen molar-refractivity contribution in [3.05, 3.63) is 0 Å². The summed E-state index contributed by atoms with van der Waals surface area (Å²) in [5.74, 6) is 0.917. The lowest BCUT2D eigenvalue weighted by molar-refractivity contribution is 0.0442. The molecule has 2 aliphatic rings. The van der Waals surface area contributed by atoms with E-state index in [9.17, 15) is 5.11 Å². The Kier molecular flexibility index (Phi) is 3.45. The van der Waals surface area contributed by atoms with Crippen LogP contribution in [-0.4, -0.2) is 35.2 Å². The number of hydrogen-bond donors (Lipinski definition) is 1. The van der Waals surface area contributed by atoms with Gasteiger partial charge in [0.2, 0.25) is 0 Å². The number of aliphatic hydroxyl groups excluding tert-OH is 1. The Morgan fingerprint density at radius 2 is 1.79 bits per heavy atom. The van der Waals surface area contributed by atoms with Gasteiger partial charge < -0.3 is 10.0 Å². The maximum Gasteiger partial charge on any atom is 0.0564 e. The van der Waals surface area contributed by atoms with E-state index in [4.69, 9.17) is 0 Å². The van der Waals surface area contributed by atoms with Crippen molar-refractivity contribution in [2.75, 3.05) is 13.1 Å². The zero-order valence-corrected chi connectivity index (χ0v) is 9.28. The van der Waals surface area contributed by atoms with Crippen molar-refractivity contribution in [1.82, 2.24) is 4.90 Å². The van der Waals surface area contributed by atoms with Crippen molar-refractivity contribution in [1.29, 1.82) is 0 Å². The predicted molar refractivity (Wildman–Crippen MR) is 58.2 cm³/mol. The van der Waals surface area contributed by atoms with Crippen LogP contribution in [0.25, 0.3) is 0 Å². The van der Waals surface area contributed by atoms with E-state index in [0.717, 1.165) is 37.9 Å². The van der Waals surface area contributed by atoms with Crippen LogP contribution in [0.15, 0.2) is 0 Å². The number of likely N-dealkylation sites (tertiary alicyclic amines) is 1. The molecule has 1 aliphatic carbocycles. The average molecular weight is 197 g/mol. The lowest BCUT2D eigenvalue weighted by atomic mass is 9.85. The number of aliphatic hydroxyl groups is 1. The van der Waals surface area contributed by atoms with Gasteiger partial charge in [-0.2, -0.15) is 0 Å². The molecule has 1 saturated heterocycles. The number of rotatable bonds is 1. The van der Waals surface area contributed by atoms with Gasteiger partial charge in [0.05, 0.1) is 6.10 Å². The molecule has 0 aromatic heterocycles. The molecule has 0 aromatic rings.